The molecule has 0 aliphatic rings. The molecule has 0 aliphatic heterocycles. The molecule has 6 heteroatoms. The Bertz CT molecular complexity index is 431. The zero-order valence-electron chi connectivity index (χ0n) is 9.73. The van der Waals surface area contributed by atoms with Crippen molar-refractivity contribution in [3.8, 4) is 0 Å². The number of carbonyl (C=O) groups is 1. The van der Waals surface area contributed by atoms with Crippen molar-refractivity contribution < 1.29 is 14.5 Å². The molecule has 0 fully saturated rings. The lowest BCUT2D eigenvalue weighted by atomic mass is 10.1. The molecule has 0 amide bonds. The van der Waals surface area contributed by atoms with Crippen molar-refractivity contribution in [2.45, 2.75) is 13.5 Å². The highest BCUT2D eigenvalue weighted by Crippen LogP contribution is 2.20. The predicted molar refractivity (Wildman–Crippen MR) is 61.6 cm³/mol. The number of benzene rings is 1. The summed E-state index contributed by atoms with van der Waals surface area (Å²) in [6.45, 7) is 2.16. The Hall–Kier alpha value is -1.95. The highest BCUT2D eigenvalue weighted by molar-refractivity contribution is 5.71. The molecule has 0 saturated heterocycles. The third-order valence-electron chi connectivity index (χ3n) is 2.43. The maximum absolute atomic E-state index is 10.9. The van der Waals surface area contributed by atoms with Crippen molar-refractivity contribution >= 4 is 11.7 Å². The van der Waals surface area contributed by atoms with Crippen molar-refractivity contribution in [1.82, 2.24) is 5.32 Å². The van der Waals surface area contributed by atoms with Gasteiger partial charge in [0.15, 0.2) is 0 Å². The Morgan fingerprint density at radius 3 is 2.82 bits per heavy atom. The summed E-state index contributed by atoms with van der Waals surface area (Å²) < 4.78 is 4.47. The fraction of sp³-hybridized carbons (Fsp3) is 0.364. The minimum absolute atomic E-state index is 0.0820. The number of nitro groups is 1. The van der Waals surface area contributed by atoms with E-state index in [0.717, 1.165) is 5.56 Å². The highest BCUT2D eigenvalue weighted by Gasteiger charge is 2.12. The van der Waals surface area contributed by atoms with Crippen molar-refractivity contribution in [2.75, 3.05) is 13.7 Å². The number of hydrogen-bond acceptors (Lipinski definition) is 5. The quantitative estimate of drug-likeness (QED) is 0.473. The molecule has 1 aromatic carbocycles. The monoisotopic (exact) mass is 238 g/mol. The molecule has 0 radical (unpaired) electrons. The predicted octanol–water partition coefficient (Wildman–Crippen LogP) is 1.17. The number of methoxy groups -OCH3 is 1. The van der Waals surface area contributed by atoms with Crippen LogP contribution in [0.25, 0.3) is 0 Å². The first-order valence-electron chi connectivity index (χ1n) is 5.06. The van der Waals surface area contributed by atoms with Crippen molar-refractivity contribution in [2.24, 2.45) is 0 Å². The molecule has 0 aromatic heterocycles. The van der Waals surface area contributed by atoms with E-state index < -0.39 is 4.92 Å². The summed E-state index contributed by atoms with van der Waals surface area (Å²) in [5.41, 5.74) is 1.49. The lowest BCUT2D eigenvalue weighted by Crippen LogP contribution is -2.23. The lowest BCUT2D eigenvalue weighted by molar-refractivity contribution is -0.385. The van der Waals surface area contributed by atoms with Gasteiger partial charge in [-0.1, -0.05) is 12.1 Å². The van der Waals surface area contributed by atoms with E-state index in [4.69, 9.17) is 0 Å². The van der Waals surface area contributed by atoms with Gasteiger partial charge in [0.2, 0.25) is 0 Å². The second-order valence-corrected chi connectivity index (χ2v) is 3.50. The van der Waals surface area contributed by atoms with Gasteiger partial charge in [0.1, 0.15) is 0 Å². The first-order chi connectivity index (χ1) is 8.06. The number of rotatable bonds is 5. The second-order valence-electron chi connectivity index (χ2n) is 3.50. The van der Waals surface area contributed by atoms with Gasteiger partial charge in [0, 0.05) is 18.2 Å². The maximum atomic E-state index is 10.9. The normalized spacial score (nSPS) is 10.0. The van der Waals surface area contributed by atoms with Gasteiger partial charge >= 0.3 is 5.97 Å². The molecule has 92 valence electrons. The smallest absolute Gasteiger partial charge is 0.319 e. The molecule has 0 unspecified atom stereocenters. The zero-order valence-corrected chi connectivity index (χ0v) is 9.73. The number of nitrogens with one attached hydrogen (secondary N) is 1. The standard InChI is InChI=1S/C11H14N2O4/c1-8-9(6-12-7-11(14)17-2)4-3-5-10(8)13(15)16/h3-5,12H,6-7H2,1-2H3. The van der Waals surface area contributed by atoms with Gasteiger partial charge in [0.25, 0.3) is 5.69 Å². The summed E-state index contributed by atoms with van der Waals surface area (Å²) in [6.07, 6.45) is 0. The number of carbonyl (C=O) groups excluding carboxylic acids is 1. The van der Waals surface area contributed by atoms with Crippen LogP contribution in [0.2, 0.25) is 0 Å². The Morgan fingerprint density at radius 1 is 1.53 bits per heavy atom. The van der Waals surface area contributed by atoms with Gasteiger partial charge in [-0.05, 0) is 12.5 Å². The number of hydrogen-bond donors (Lipinski definition) is 1. The minimum Gasteiger partial charge on any atom is -0.468 e. The number of esters is 1. The van der Waals surface area contributed by atoms with Crippen LogP contribution < -0.4 is 5.32 Å². The van der Waals surface area contributed by atoms with E-state index in [-0.39, 0.29) is 18.2 Å². The molecular weight excluding hydrogens is 224 g/mol. The summed E-state index contributed by atoms with van der Waals surface area (Å²) >= 11 is 0. The molecule has 1 aromatic rings. The van der Waals surface area contributed by atoms with E-state index in [0.29, 0.717) is 12.1 Å². The van der Waals surface area contributed by atoms with Crippen LogP contribution in [0.4, 0.5) is 5.69 Å². The van der Waals surface area contributed by atoms with Gasteiger partial charge in [-0.25, -0.2) is 0 Å². The van der Waals surface area contributed by atoms with Crippen LogP contribution in [0.15, 0.2) is 18.2 Å². The van der Waals surface area contributed by atoms with Crippen molar-refractivity contribution in [1.29, 1.82) is 0 Å². The Morgan fingerprint density at radius 2 is 2.24 bits per heavy atom. The van der Waals surface area contributed by atoms with E-state index in [1.807, 2.05) is 0 Å². The van der Waals surface area contributed by atoms with E-state index >= 15 is 0 Å². The Labute approximate surface area is 98.7 Å². The van der Waals surface area contributed by atoms with E-state index in [1.165, 1.54) is 13.2 Å². The zero-order chi connectivity index (χ0) is 12.8. The summed E-state index contributed by atoms with van der Waals surface area (Å²) in [6, 6.07) is 4.87. The summed E-state index contributed by atoms with van der Waals surface area (Å²) in [7, 11) is 1.31. The summed E-state index contributed by atoms with van der Waals surface area (Å²) in [4.78, 5) is 21.2. The summed E-state index contributed by atoms with van der Waals surface area (Å²) in [5, 5.41) is 13.6. The molecule has 17 heavy (non-hydrogen) atoms. The lowest BCUT2D eigenvalue weighted by Gasteiger charge is -2.07. The van der Waals surface area contributed by atoms with Gasteiger partial charge < -0.3 is 10.1 Å². The van der Waals surface area contributed by atoms with Crippen LogP contribution in [0.3, 0.4) is 0 Å². The van der Waals surface area contributed by atoms with Crippen LogP contribution in [-0.4, -0.2) is 24.5 Å². The van der Waals surface area contributed by atoms with Crippen LogP contribution in [0.1, 0.15) is 11.1 Å². The van der Waals surface area contributed by atoms with Gasteiger partial charge in [-0.2, -0.15) is 0 Å². The number of nitrogens with zero attached hydrogens (tertiary/aromatic N) is 1. The Kier molecular flexibility index (Phi) is 4.59. The molecule has 1 rings (SSSR count). The fourth-order valence-electron chi connectivity index (χ4n) is 1.43. The molecule has 1 N–H and O–H groups in total. The second kappa shape index (κ2) is 5.95. The maximum Gasteiger partial charge on any atom is 0.319 e. The topological polar surface area (TPSA) is 81.5 Å². The largest absolute Gasteiger partial charge is 0.468 e. The van der Waals surface area contributed by atoms with E-state index in [1.54, 1.807) is 19.1 Å². The van der Waals surface area contributed by atoms with Crippen molar-refractivity contribution in [3.05, 3.63) is 39.4 Å². The molecule has 0 heterocycles. The SMILES string of the molecule is COC(=O)CNCc1cccc([N+](=O)[O-])c1C. The molecule has 6 nitrogen and oxygen atoms in total. The van der Waals surface area contributed by atoms with Crippen LogP contribution in [0, 0.1) is 17.0 Å². The number of ether oxygens (including phenoxy) is 1. The minimum atomic E-state index is -0.418. The van der Waals surface area contributed by atoms with E-state index in [2.05, 4.69) is 10.1 Å². The third kappa shape index (κ3) is 3.53. The van der Waals surface area contributed by atoms with Crippen LogP contribution >= 0.6 is 0 Å². The fourth-order valence-corrected chi connectivity index (χ4v) is 1.43. The molecule has 0 saturated carbocycles. The first kappa shape index (κ1) is 13.1. The van der Waals surface area contributed by atoms with Gasteiger partial charge in [0.05, 0.1) is 18.6 Å². The van der Waals surface area contributed by atoms with Crippen LogP contribution in [-0.2, 0) is 16.1 Å². The molecule has 0 aliphatic carbocycles. The van der Waals surface area contributed by atoms with Gasteiger partial charge in [-0.15, -0.1) is 0 Å². The van der Waals surface area contributed by atoms with E-state index in [9.17, 15) is 14.9 Å². The molecule has 0 bridgehead atoms. The molecule has 0 spiro atoms. The average Bonchev–Trinajstić information content (AvgIpc) is 2.30. The first-order valence-corrected chi connectivity index (χ1v) is 5.06. The van der Waals surface area contributed by atoms with Crippen LogP contribution in [0.5, 0.6) is 0 Å². The Balaban J connectivity index is 2.69. The van der Waals surface area contributed by atoms with Crippen molar-refractivity contribution in [3.63, 3.8) is 0 Å². The average molecular weight is 238 g/mol. The number of nitro benzene ring substituents is 1. The molecular formula is C11H14N2O4. The third-order valence-corrected chi connectivity index (χ3v) is 2.43. The summed E-state index contributed by atoms with van der Waals surface area (Å²) in [5.74, 6) is -0.368. The highest BCUT2D eigenvalue weighted by atomic mass is 16.6. The molecule has 0 atom stereocenters. The van der Waals surface area contributed by atoms with Gasteiger partial charge in [-0.3, -0.25) is 14.9 Å².